The van der Waals surface area contributed by atoms with Gasteiger partial charge in [-0.25, -0.2) is 4.98 Å². The van der Waals surface area contributed by atoms with Gasteiger partial charge in [0, 0.05) is 22.3 Å². The Labute approximate surface area is 235 Å². The number of hydrogen-bond acceptors (Lipinski definition) is 7. The number of halogens is 6. The number of Topliss-reactive ketones (excluding diaryl/α,β-unsaturated/α-hetero) is 1. The number of pyridine rings is 1. The summed E-state index contributed by atoms with van der Waals surface area (Å²) in [5.74, 6) is -1.75. The Kier molecular flexibility index (Phi) is 8.65. The molecule has 204 valence electrons. The number of carbonyl (C=O) groups excluding carboxylic acids is 1. The first kappa shape index (κ1) is 30.0. The standard InChI is InChI=1S/C25H17Cl3F3N3O5/c1-23(12-32,16-8-7-15(26)10-17(16)27)22(35)24(2,39-20-6-4-3-5-19(20)34(36)37)13-38-21-18(28)9-14(11-33-21)25(29,30)31/h3-11H,13H2,1-2H3. The third-order valence-corrected chi connectivity index (χ3v) is 6.46. The van der Waals surface area contributed by atoms with Crippen LogP contribution in [0, 0.1) is 21.4 Å². The van der Waals surface area contributed by atoms with Gasteiger partial charge in [-0.1, -0.05) is 53.0 Å². The van der Waals surface area contributed by atoms with Crippen molar-refractivity contribution < 1.29 is 32.4 Å². The van der Waals surface area contributed by atoms with Crippen molar-refractivity contribution in [2.45, 2.75) is 31.0 Å². The zero-order valence-electron chi connectivity index (χ0n) is 20.1. The minimum Gasteiger partial charge on any atom is -0.472 e. The molecule has 0 saturated carbocycles. The van der Waals surface area contributed by atoms with Crippen molar-refractivity contribution in [3.63, 3.8) is 0 Å². The van der Waals surface area contributed by atoms with Crippen molar-refractivity contribution in [3.8, 4) is 17.7 Å². The van der Waals surface area contributed by atoms with Crippen LogP contribution < -0.4 is 9.47 Å². The number of hydrogen-bond donors (Lipinski definition) is 0. The van der Waals surface area contributed by atoms with Gasteiger partial charge in [0.1, 0.15) is 17.0 Å². The lowest BCUT2D eigenvalue weighted by atomic mass is 9.74. The van der Waals surface area contributed by atoms with Gasteiger partial charge in [0.25, 0.3) is 0 Å². The first-order chi connectivity index (χ1) is 18.1. The van der Waals surface area contributed by atoms with E-state index in [9.17, 15) is 33.3 Å². The Bertz CT molecular complexity index is 1480. The van der Waals surface area contributed by atoms with Crippen LogP contribution in [0.1, 0.15) is 25.0 Å². The number of para-hydroxylation sites is 2. The van der Waals surface area contributed by atoms with Gasteiger partial charge in [0.2, 0.25) is 11.7 Å². The fourth-order valence-corrected chi connectivity index (χ4v) is 4.45. The number of benzene rings is 2. The molecule has 2 atom stereocenters. The zero-order valence-corrected chi connectivity index (χ0v) is 22.3. The average Bonchev–Trinajstić information content (AvgIpc) is 2.86. The molecule has 0 fully saturated rings. The van der Waals surface area contributed by atoms with E-state index in [1.165, 1.54) is 50.2 Å². The highest BCUT2D eigenvalue weighted by Crippen LogP contribution is 2.39. The largest absolute Gasteiger partial charge is 0.472 e. The second-order valence-corrected chi connectivity index (χ2v) is 9.80. The number of nitriles is 1. The maximum Gasteiger partial charge on any atom is 0.417 e. The Morgan fingerprint density at radius 1 is 1.10 bits per heavy atom. The number of alkyl halides is 3. The van der Waals surface area contributed by atoms with Crippen molar-refractivity contribution in [2.24, 2.45) is 0 Å². The number of aromatic nitrogens is 1. The van der Waals surface area contributed by atoms with E-state index in [2.05, 4.69) is 4.98 Å². The van der Waals surface area contributed by atoms with E-state index in [1.807, 2.05) is 6.07 Å². The molecule has 0 amide bonds. The summed E-state index contributed by atoms with van der Waals surface area (Å²) < 4.78 is 50.4. The summed E-state index contributed by atoms with van der Waals surface area (Å²) in [6, 6.07) is 11.7. The van der Waals surface area contributed by atoms with Crippen LogP contribution in [-0.4, -0.2) is 27.9 Å². The van der Waals surface area contributed by atoms with Gasteiger partial charge in [-0.3, -0.25) is 14.9 Å². The van der Waals surface area contributed by atoms with E-state index in [1.54, 1.807) is 0 Å². The molecule has 0 aliphatic carbocycles. The van der Waals surface area contributed by atoms with Crippen LogP contribution in [0.25, 0.3) is 0 Å². The van der Waals surface area contributed by atoms with E-state index in [4.69, 9.17) is 44.3 Å². The van der Waals surface area contributed by atoms with E-state index in [-0.39, 0.29) is 21.4 Å². The number of rotatable bonds is 9. The summed E-state index contributed by atoms with van der Waals surface area (Å²) in [5.41, 5.74) is -5.73. The summed E-state index contributed by atoms with van der Waals surface area (Å²) in [5, 5.41) is 21.4. The Morgan fingerprint density at radius 2 is 1.77 bits per heavy atom. The average molecular weight is 603 g/mol. The van der Waals surface area contributed by atoms with Crippen LogP contribution in [0.15, 0.2) is 54.7 Å². The molecule has 0 saturated heterocycles. The lowest BCUT2D eigenvalue weighted by Crippen LogP contribution is -2.54. The van der Waals surface area contributed by atoms with Crippen LogP contribution in [-0.2, 0) is 16.4 Å². The number of carbonyl (C=O) groups is 1. The lowest BCUT2D eigenvalue weighted by Gasteiger charge is -2.34. The van der Waals surface area contributed by atoms with Gasteiger partial charge >= 0.3 is 11.9 Å². The number of nitro groups is 1. The minimum absolute atomic E-state index is 0.0127. The highest BCUT2D eigenvalue weighted by atomic mass is 35.5. The monoisotopic (exact) mass is 601 g/mol. The quantitative estimate of drug-likeness (QED) is 0.187. The van der Waals surface area contributed by atoms with Crippen LogP contribution in [0.3, 0.4) is 0 Å². The molecule has 14 heteroatoms. The molecule has 2 unspecified atom stereocenters. The van der Waals surface area contributed by atoms with Crippen molar-refractivity contribution in [1.82, 2.24) is 4.98 Å². The molecule has 3 rings (SSSR count). The molecular weight excluding hydrogens is 586 g/mol. The number of nitro benzene ring substituents is 1. The molecule has 8 nitrogen and oxygen atoms in total. The molecule has 0 aliphatic heterocycles. The molecule has 0 radical (unpaired) electrons. The number of nitrogens with zero attached hydrogens (tertiary/aromatic N) is 3. The van der Waals surface area contributed by atoms with E-state index < -0.39 is 56.7 Å². The SMILES string of the molecule is CC(COc1ncc(C(F)(F)F)cc1Cl)(Oc1ccccc1[N+](=O)[O-])C(=O)C(C)(C#N)c1ccc(Cl)cc1Cl. The van der Waals surface area contributed by atoms with Crippen molar-refractivity contribution in [1.29, 1.82) is 5.26 Å². The Hall–Kier alpha value is -3.59. The van der Waals surface area contributed by atoms with Gasteiger partial charge in [-0.15, -0.1) is 0 Å². The molecule has 0 spiro atoms. The van der Waals surface area contributed by atoms with Crippen molar-refractivity contribution >= 4 is 46.3 Å². The first-order valence-electron chi connectivity index (χ1n) is 10.8. The fourth-order valence-electron chi connectivity index (χ4n) is 3.63. The van der Waals surface area contributed by atoms with Gasteiger partial charge in [-0.2, -0.15) is 18.4 Å². The first-order valence-corrected chi connectivity index (χ1v) is 12.0. The molecule has 39 heavy (non-hydrogen) atoms. The summed E-state index contributed by atoms with van der Waals surface area (Å²) in [6.45, 7) is 1.69. The van der Waals surface area contributed by atoms with Crippen LogP contribution in [0.5, 0.6) is 11.6 Å². The Morgan fingerprint density at radius 3 is 2.33 bits per heavy atom. The molecule has 1 aromatic heterocycles. The molecular formula is C25H17Cl3F3N3O5. The molecule has 0 aliphatic rings. The van der Waals surface area contributed by atoms with Crippen LogP contribution >= 0.6 is 34.8 Å². The van der Waals surface area contributed by atoms with Crippen molar-refractivity contribution in [3.05, 3.63) is 91.0 Å². The number of ketones is 1. The second-order valence-electron chi connectivity index (χ2n) is 8.55. The van der Waals surface area contributed by atoms with Crippen LogP contribution in [0.2, 0.25) is 15.1 Å². The third kappa shape index (κ3) is 6.36. The maximum atomic E-state index is 14.0. The summed E-state index contributed by atoms with van der Waals surface area (Å²) in [7, 11) is 0. The Balaban J connectivity index is 2.09. The predicted molar refractivity (Wildman–Crippen MR) is 136 cm³/mol. The predicted octanol–water partition coefficient (Wildman–Crippen LogP) is 7.24. The maximum absolute atomic E-state index is 14.0. The minimum atomic E-state index is -4.72. The van der Waals surface area contributed by atoms with Crippen LogP contribution in [0.4, 0.5) is 18.9 Å². The van der Waals surface area contributed by atoms with Gasteiger partial charge in [-0.05, 0) is 43.7 Å². The molecule has 0 bridgehead atoms. The molecule has 1 heterocycles. The molecule has 2 aromatic carbocycles. The highest BCUT2D eigenvalue weighted by molar-refractivity contribution is 6.35. The second kappa shape index (κ2) is 11.3. The summed E-state index contributed by atoms with van der Waals surface area (Å²) >= 11 is 18.2. The number of ether oxygens (including phenoxy) is 2. The van der Waals surface area contributed by atoms with E-state index >= 15 is 0 Å². The lowest BCUT2D eigenvalue weighted by molar-refractivity contribution is -0.386. The fraction of sp³-hybridized carbons (Fsp3) is 0.240. The van der Waals surface area contributed by atoms with E-state index in [0.717, 1.165) is 6.07 Å². The molecule has 3 aromatic rings. The zero-order chi connectivity index (χ0) is 29.2. The molecule has 0 N–H and O–H groups in total. The summed E-state index contributed by atoms with van der Waals surface area (Å²) in [6.07, 6.45) is -4.24. The van der Waals surface area contributed by atoms with Crippen molar-refractivity contribution in [2.75, 3.05) is 6.61 Å². The highest BCUT2D eigenvalue weighted by Gasteiger charge is 2.51. The van der Waals surface area contributed by atoms with Gasteiger partial charge in [0.05, 0.1) is 16.6 Å². The normalized spacial score (nSPS) is 14.4. The van der Waals surface area contributed by atoms with Gasteiger partial charge in [0.15, 0.2) is 11.4 Å². The van der Waals surface area contributed by atoms with Gasteiger partial charge < -0.3 is 9.47 Å². The third-order valence-electron chi connectivity index (χ3n) is 5.64. The van der Waals surface area contributed by atoms with E-state index in [0.29, 0.717) is 12.3 Å². The summed E-state index contributed by atoms with van der Waals surface area (Å²) in [4.78, 5) is 28.4. The smallest absolute Gasteiger partial charge is 0.417 e. The topological polar surface area (TPSA) is 115 Å².